The van der Waals surface area contributed by atoms with Gasteiger partial charge in [-0.15, -0.1) is 0 Å². The molecule has 0 saturated heterocycles. The van der Waals surface area contributed by atoms with Gasteiger partial charge in [-0.3, -0.25) is 0 Å². The number of rotatable bonds is 4. The fraction of sp³-hybridized carbons (Fsp3) is 0.455. The van der Waals surface area contributed by atoms with Gasteiger partial charge in [0.15, 0.2) is 0 Å². The summed E-state index contributed by atoms with van der Waals surface area (Å²) in [5, 5.41) is 18.3. The molecule has 4 heteroatoms. The van der Waals surface area contributed by atoms with E-state index in [4.69, 9.17) is 5.11 Å². The lowest BCUT2D eigenvalue weighted by molar-refractivity contribution is 0.267. The molecule has 1 rings (SSSR count). The molecule has 0 saturated carbocycles. The van der Waals surface area contributed by atoms with E-state index in [9.17, 15) is 5.11 Å². The molecular formula is C11H16BrNO2. The molecule has 3 nitrogen and oxygen atoms in total. The van der Waals surface area contributed by atoms with E-state index >= 15 is 0 Å². The Labute approximate surface area is 98.5 Å². The van der Waals surface area contributed by atoms with Gasteiger partial charge in [-0.25, -0.2) is 0 Å². The van der Waals surface area contributed by atoms with Gasteiger partial charge >= 0.3 is 0 Å². The first-order valence-corrected chi connectivity index (χ1v) is 5.62. The molecule has 15 heavy (non-hydrogen) atoms. The van der Waals surface area contributed by atoms with Crippen LogP contribution in [0, 0.1) is 0 Å². The van der Waals surface area contributed by atoms with Crippen molar-refractivity contribution < 1.29 is 10.2 Å². The second-order valence-electron chi connectivity index (χ2n) is 3.57. The van der Waals surface area contributed by atoms with E-state index in [1.807, 2.05) is 37.1 Å². The minimum Gasteiger partial charge on any atom is -0.394 e. The number of hydrogen-bond donors (Lipinski definition) is 2. The maximum absolute atomic E-state index is 9.21. The summed E-state index contributed by atoms with van der Waals surface area (Å²) in [5.41, 5.74) is 1.80. The Balaban J connectivity index is 3.05. The molecule has 0 aromatic heterocycles. The summed E-state index contributed by atoms with van der Waals surface area (Å²) < 4.78 is 0.965. The first-order valence-electron chi connectivity index (χ1n) is 4.83. The van der Waals surface area contributed by atoms with Crippen molar-refractivity contribution in [1.29, 1.82) is 0 Å². The highest BCUT2D eigenvalue weighted by Gasteiger charge is 2.12. The van der Waals surface area contributed by atoms with Crippen LogP contribution in [0.4, 0.5) is 5.69 Å². The van der Waals surface area contributed by atoms with Crippen molar-refractivity contribution in [2.45, 2.75) is 19.6 Å². The summed E-state index contributed by atoms with van der Waals surface area (Å²) >= 11 is 3.39. The van der Waals surface area contributed by atoms with Gasteiger partial charge in [-0.05, 0) is 19.1 Å². The van der Waals surface area contributed by atoms with Gasteiger partial charge in [0.05, 0.1) is 13.2 Å². The van der Waals surface area contributed by atoms with Gasteiger partial charge in [-0.1, -0.05) is 22.0 Å². The van der Waals surface area contributed by atoms with Gasteiger partial charge in [-0.2, -0.15) is 0 Å². The zero-order valence-corrected chi connectivity index (χ0v) is 10.5. The largest absolute Gasteiger partial charge is 0.394 e. The van der Waals surface area contributed by atoms with Crippen LogP contribution < -0.4 is 4.90 Å². The van der Waals surface area contributed by atoms with Crippen molar-refractivity contribution in [2.24, 2.45) is 0 Å². The lowest BCUT2D eigenvalue weighted by Crippen LogP contribution is -2.32. The van der Waals surface area contributed by atoms with Crippen molar-refractivity contribution in [2.75, 3.05) is 18.6 Å². The van der Waals surface area contributed by atoms with Gasteiger partial charge in [0.2, 0.25) is 0 Å². The number of hydrogen-bond acceptors (Lipinski definition) is 3. The number of benzene rings is 1. The van der Waals surface area contributed by atoms with Crippen molar-refractivity contribution in [1.82, 2.24) is 0 Å². The third-order valence-corrected chi connectivity index (χ3v) is 3.02. The zero-order chi connectivity index (χ0) is 11.4. The van der Waals surface area contributed by atoms with Crippen LogP contribution in [-0.2, 0) is 6.61 Å². The molecule has 1 unspecified atom stereocenters. The fourth-order valence-electron chi connectivity index (χ4n) is 1.36. The van der Waals surface area contributed by atoms with E-state index in [0.717, 1.165) is 15.7 Å². The van der Waals surface area contributed by atoms with Gasteiger partial charge in [0, 0.05) is 28.8 Å². The molecule has 0 fully saturated rings. The quantitative estimate of drug-likeness (QED) is 0.879. The average Bonchev–Trinajstić information content (AvgIpc) is 2.27. The Morgan fingerprint density at radius 3 is 2.60 bits per heavy atom. The third-order valence-electron chi connectivity index (χ3n) is 2.52. The molecule has 1 atom stereocenters. The van der Waals surface area contributed by atoms with E-state index in [-0.39, 0.29) is 19.3 Å². The first kappa shape index (κ1) is 12.5. The molecule has 84 valence electrons. The Bertz CT molecular complexity index is 330. The van der Waals surface area contributed by atoms with Crippen LogP contribution in [0.5, 0.6) is 0 Å². The van der Waals surface area contributed by atoms with Gasteiger partial charge < -0.3 is 15.1 Å². The lowest BCUT2D eigenvalue weighted by Gasteiger charge is -2.27. The van der Waals surface area contributed by atoms with Crippen molar-refractivity contribution in [3.8, 4) is 0 Å². The van der Waals surface area contributed by atoms with E-state index < -0.39 is 0 Å². The first-order chi connectivity index (χ1) is 7.10. The molecule has 0 aliphatic rings. The molecule has 1 aromatic rings. The highest BCUT2D eigenvalue weighted by Crippen LogP contribution is 2.25. The van der Waals surface area contributed by atoms with Crippen molar-refractivity contribution in [3.63, 3.8) is 0 Å². The topological polar surface area (TPSA) is 43.7 Å². The van der Waals surface area contributed by atoms with Crippen LogP contribution in [0.15, 0.2) is 22.7 Å². The van der Waals surface area contributed by atoms with E-state index in [1.54, 1.807) is 0 Å². The predicted molar refractivity (Wildman–Crippen MR) is 65.0 cm³/mol. The maximum Gasteiger partial charge on any atom is 0.0702 e. The molecule has 0 spiro atoms. The highest BCUT2D eigenvalue weighted by atomic mass is 79.9. The third kappa shape index (κ3) is 2.93. The van der Waals surface area contributed by atoms with Crippen LogP contribution in [0.25, 0.3) is 0 Å². The molecule has 0 radical (unpaired) electrons. The van der Waals surface area contributed by atoms with E-state index in [1.165, 1.54) is 0 Å². The smallest absolute Gasteiger partial charge is 0.0702 e. The van der Waals surface area contributed by atoms with E-state index in [2.05, 4.69) is 15.9 Å². The molecular weight excluding hydrogens is 258 g/mol. The second kappa shape index (κ2) is 5.49. The molecule has 0 heterocycles. The summed E-state index contributed by atoms with van der Waals surface area (Å²) in [7, 11) is 1.90. The van der Waals surface area contributed by atoms with Crippen molar-refractivity contribution in [3.05, 3.63) is 28.2 Å². The van der Waals surface area contributed by atoms with Crippen LogP contribution in [0.1, 0.15) is 12.5 Å². The van der Waals surface area contributed by atoms with Crippen molar-refractivity contribution >= 4 is 21.6 Å². The Kier molecular flexibility index (Phi) is 4.57. The maximum atomic E-state index is 9.21. The standard InChI is InChI=1S/C11H16BrNO2/c1-8(6-14)13(2)11-5-10(12)4-3-9(11)7-15/h3-5,8,14-15H,6-7H2,1-2H3. The Morgan fingerprint density at radius 1 is 1.40 bits per heavy atom. The van der Waals surface area contributed by atoms with Crippen LogP contribution in [0.2, 0.25) is 0 Å². The molecule has 0 amide bonds. The Hall–Kier alpha value is -0.580. The van der Waals surface area contributed by atoms with Crippen LogP contribution >= 0.6 is 15.9 Å². The number of aliphatic hydroxyl groups excluding tert-OH is 2. The SMILES string of the molecule is CC(CO)N(C)c1cc(Br)ccc1CO. The lowest BCUT2D eigenvalue weighted by atomic mass is 10.1. The number of likely N-dealkylation sites (N-methyl/N-ethyl adjacent to an activating group) is 1. The zero-order valence-electron chi connectivity index (χ0n) is 8.94. The Morgan fingerprint density at radius 2 is 2.07 bits per heavy atom. The summed E-state index contributed by atoms with van der Waals surface area (Å²) in [6, 6.07) is 5.74. The molecule has 1 aromatic carbocycles. The summed E-state index contributed by atoms with van der Waals surface area (Å²) in [5.74, 6) is 0. The second-order valence-corrected chi connectivity index (χ2v) is 4.49. The normalized spacial score (nSPS) is 12.6. The molecule has 2 N–H and O–H groups in total. The van der Waals surface area contributed by atoms with Crippen LogP contribution in [-0.4, -0.2) is 29.9 Å². The number of aliphatic hydroxyl groups is 2. The number of halogens is 1. The highest BCUT2D eigenvalue weighted by molar-refractivity contribution is 9.10. The number of nitrogens with zero attached hydrogens (tertiary/aromatic N) is 1. The van der Waals surface area contributed by atoms with Gasteiger partial charge in [0.1, 0.15) is 0 Å². The molecule has 0 aliphatic carbocycles. The fourth-order valence-corrected chi connectivity index (χ4v) is 1.71. The minimum atomic E-state index is 0.00506. The summed E-state index contributed by atoms with van der Waals surface area (Å²) in [6.07, 6.45) is 0. The monoisotopic (exact) mass is 273 g/mol. The minimum absolute atomic E-state index is 0.00506. The predicted octanol–water partition coefficient (Wildman–Crippen LogP) is 1.76. The molecule has 0 bridgehead atoms. The van der Waals surface area contributed by atoms with Crippen LogP contribution in [0.3, 0.4) is 0 Å². The van der Waals surface area contributed by atoms with Gasteiger partial charge in [0.25, 0.3) is 0 Å². The average molecular weight is 274 g/mol. The molecule has 0 aliphatic heterocycles. The summed E-state index contributed by atoms with van der Waals surface area (Å²) in [4.78, 5) is 1.95. The number of anilines is 1. The van der Waals surface area contributed by atoms with E-state index in [0.29, 0.717) is 0 Å². The summed E-state index contributed by atoms with van der Waals surface area (Å²) in [6.45, 7) is 2.03.